The van der Waals surface area contributed by atoms with Crippen molar-refractivity contribution < 1.29 is 79.7 Å². The number of aliphatic hydroxyl groups is 1. The minimum Gasteiger partial charge on any atom is -0.381 e. The number of thiophene rings is 1. The molecule has 1 unspecified atom stereocenters. The van der Waals surface area contributed by atoms with Crippen molar-refractivity contribution in [3.63, 3.8) is 0 Å². The molecule has 32 heavy (non-hydrogen) atoms. The van der Waals surface area contributed by atoms with Gasteiger partial charge in [-0.1, -0.05) is 6.07 Å². The lowest BCUT2D eigenvalue weighted by Crippen LogP contribution is -2.74. The third kappa shape index (κ3) is 3.49. The molecule has 0 saturated heterocycles. The molecule has 0 saturated carbocycles. The SMILES string of the molecule is OC(c1cccs1)C(F)(F)C(F)(F)C(F)(F)C(F)(F)C(F)(F)C(F)(F)C(F)(F)C(F)(F)F. The van der Waals surface area contributed by atoms with Crippen LogP contribution in [0.25, 0.3) is 0 Å². The highest BCUT2D eigenvalue weighted by molar-refractivity contribution is 7.10. The summed E-state index contributed by atoms with van der Waals surface area (Å²) < 4.78 is 223. The second-order valence-electron chi connectivity index (χ2n) is 5.99. The van der Waals surface area contributed by atoms with Crippen molar-refractivity contribution in [2.45, 2.75) is 53.7 Å². The molecule has 0 aromatic carbocycles. The quantitative estimate of drug-likeness (QED) is 0.366. The Kier molecular flexibility index (Phi) is 6.67. The molecule has 1 N–H and O–H groups in total. The summed E-state index contributed by atoms with van der Waals surface area (Å²) >= 11 is -0.0800. The highest BCUT2D eigenvalue weighted by Gasteiger charge is 2.95. The van der Waals surface area contributed by atoms with Crippen molar-refractivity contribution in [3.05, 3.63) is 22.4 Å². The molecule has 1 rings (SSSR count). The second kappa shape index (κ2) is 7.49. The Morgan fingerprint density at radius 2 is 0.906 bits per heavy atom. The monoisotopic (exact) mass is 532 g/mol. The summed E-state index contributed by atoms with van der Waals surface area (Å²) in [4.78, 5) is -1.35. The maximum atomic E-state index is 13.7. The van der Waals surface area contributed by atoms with Crippen LogP contribution < -0.4 is 0 Å². The van der Waals surface area contributed by atoms with Crippen LogP contribution in [0.4, 0.5) is 74.6 Å². The molecule has 0 amide bonds. The van der Waals surface area contributed by atoms with Crippen LogP contribution in [0.2, 0.25) is 0 Å². The zero-order chi connectivity index (χ0) is 26.0. The van der Waals surface area contributed by atoms with Gasteiger partial charge in [0.15, 0.2) is 6.10 Å². The zero-order valence-corrected chi connectivity index (χ0v) is 14.9. The lowest BCUT2D eigenvalue weighted by Gasteiger charge is -2.43. The summed E-state index contributed by atoms with van der Waals surface area (Å²) in [7, 11) is 0. The zero-order valence-electron chi connectivity index (χ0n) is 14.1. The number of halogens is 17. The van der Waals surface area contributed by atoms with Gasteiger partial charge < -0.3 is 5.11 Å². The van der Waals surface area contributed by atoms with Gasteiger partial charge in [-0.3, -0.25) is 0 Å². The van der Waals surface area contributed by atoms with Crippen molar-refractivity contribution in [2.24, 2.45) is 0 Å². The Labute approximate surface area is 168 Å². The molecular weight excluding hydrogens is 527 g/mol. The van der Waals surface area contributed by atoms with Crippen LogP contribution in [0.1, 0.15) is 11.0 Å². The fourth-order valence-corrected chi connectivity index (χ4v) is 2.72. The first-order valence-electron chi connectivity index (χ1n) is 7.19. The molecule has 0 spiro atoms. The third-order valence-electron chi connectivity index (χ3n) is 3.90. The summed E-state index contributed by atoms with van der Waals surface area (Å²) in [6.07, 6.45) is -11.9. The molecule has 0 bridgehead atoms. The van der Waals surface area contributed by atoms with E-state index in [2.05, 4.69) is 0 Å². The summed E-state index contributed by atoms with van der Waals surface area (Å²) in [5.41, 5.74) is 0. The Hall–Kier alpha value is -1.53. The van der Waals surface area contributed by atoms with Crippen LogP contribution in [-0.4, -0.2) is 52.7 Å². The molecule has 1 nitrogen and oxygen atoms in total. The Balaban J connectivity index is 3.65. The topological polar surface area (TPSA) is 20.2 Å². The van der Waals surface area contributed by atoms with Gasteiger partial charge in [0.05, 0.1) is 0 Å². The molecule has 1 aromatic heterocycles. The third-order valence-corrected chi connectivity index (χ3v) is 4.83. The minimum absolute atomic E-state index is 0.0800. The second-order valence-corrected chi connectivity index (χ2v) is 6.96. The van der Waals surface area contributed by atoms with Crippen LogP contribution >= 0.6 is 11.3 Å². The maximum Gasteiger partial charge on any atom is 0.460 e. The van der Waals surface area contributed by atoms with Crippen LogP contribution in [0.15, 0.2) is 17.5 Å². The average Bonchev–Trinajstić information content (AvgIpc) is 3.13. The summed E-state index contributed by atoms with van der Waals surface area (Å²) in [6, 6.07) is 1.06. The van der Waals surface area contributed by atoms with E-state index in [4.69, 9.17) is 5.11 Å². The van der Waals surface area contributed by atoms with Crippen molar-refractivity contribution in [2.75, 3.05) is 0 Å². The fraction of sp³-hybridized carbons (Fsp3) is 0.692. The van der Waals surface area contributed by atoms with Crippen LogP contribution in [0.3, 0.4) is 0 Å². The van der Waals surface area contributed by atoms with E-state index in [1.54, 1.807) is 0 Å². The lowest BCUT2D eigenvalue weighted by molar-refractivity contribution is -0.464. The van der Waals surface area contributed by atoms with Crippen molar-refractivity contribution in [1.29, 1.82) is 0 Å². The number of aliphatic hydroxyl groups excluding tert-OH is 1. The van der Waals surface area contributed by atoms with E-state index < -0.39 is 58.6 Å². The van der Waals surface area contributed by atoms with Gasteiger partial charge in [0, 0.05) is 4.88 Å². The van der Waals surface area contributed by atoms with Crippen molar-refractivity contribution >= 4 is 11.3 Å². The normalized spacial score (nSPS) is 16.9. The van der Waals surface area contributed by atoms with E-state index in [0.717, 1.165) is 11.4 Å². The number of rotatable bonds is 8. The van der Waals surface area contributed by atoms with E-state index in [1.165, 1.54) is 0 Å². The smallest absolute Gasteiger partial charge is 0.381 e. The number of alkyl halides is 17. The van der Waals surface area contributed by atoms with Gasteiger partial charge in [-0.05, 0) is 11.4 Å². The van der Waals surface area contributed by atoms with Gasteiger partial charge in [-0.2, -0.15) is 74.6 Å². The number of hydrogen-bond donors (Lipinski definition) is 1. The molecule has 0 aliphatic heterocycles. The Bertz CT molecular complexity index is 794. The van der Waals surface area contributed by atoms with Gasteiger partial charge in [0.1, 0.15) is 0 Å². The highest BCUT2D eigenvalue weighted by Crippen LogP contribution is 2.64. The largest absolute Gasteiger partial charge is 0.460 e. The van der Waals surface area contributed by atoms with Crippen LogP contribution in [-0.2, 0) is 0 Å². The number of hydrogen-bond acceptors (Lipinski definition) is 2. The molecule has 0 aliphatic carbocycles. The van der Waals surface area contributed by atoms with Gasteiger partial charge in [0.2, 0.25) is 0 Å². The molecule has 1 atom stereocenters. The lowest BCUT2D eigenvalue weighted by atomic mass is 9.87. The maximum absolute atomic E-state index is 13.7. The fourth-order valence-electron chi connectivity index (χ4n) is 1.97. The Morgan fingerprint density at radius 1 is 0.562 bits per heavy atom. The minimum atomic E-state index is -8.68. The standard InChI is InChI=1S/C13H5F17OS/c14-6(15,5(31)4-2-1-3-32-4)7(16,17)8(18,19)9(20,21)10(22,23)11(24,25)12(26,27)13(28,29)30/h1-3,5,31H. The van der Waals surface area contributed by atoms with Gasteiger partial charge in [-0.25, -0.2) is 0 Å². The van der Waals surface area contributed by atoms with Crippen molar-refractivity contribution in [3.8, 4) is 0 Å². The van der Waals surface area contributed by atoms with Gasteiger partial charge in [0.25, 0.3) is 0 Å². The van der Waals surface area contributed by atoms with Gasteiger partial charge >= 0.3 is 47.6 Å². The first kappa shape index (κ1) is 28.5. The van der Waals surface area contributed by atoms with E-state index >= 15 is 0 Å². The Morgan fingerprint density at radius 3 is 1.22 bits per heavy atom. The molecular formula is C13H5F17OS. The summed E-state index contributed by atoms with van der Waals surface area (Å²) in [5.74, 6) is -57.3. The summed E-state index contributed by atoms with van der Waals surface area (Å²) in [5, 5.41) is 9.84. The van der Waals surface area contributed by atoms with Gasteiger partial charge in [-0.15, -0.1) is 11.3 Å². The molecule has 0 radical (unpaired) electrons. The van der Waals surface area contributed by atoms with Crippen LogP contribution in [0.5, 0.6) is 0 Å². The van der Waals surface area contributed by atoms with E-state index in [9.17, 15) is 74.6 Å². The van der Waals surface area contributed by atoms with Crippen molar-refractivity contribution in [1.82, 2.24) is 0 Å². The first-order chi connectivity index (χ1) is 13.8. The predicted octanol–water partition coefficient (Wildman–Crippen LogP) is 6.79. The highest BCUT2D eigenvalue weighted by atomic mass is 32.1. The molecule has 0 aliphatic rings. The first-order valence-corrected chi connectivity index (χ1v) is 8.07. The van der Waals surface area contributed by atoms with E-state index in [1.807, 2.05) is 0 Å². The predicted molar refractivity (Wildman–Crippen MR) is 70.0 cm³/mol. The van der Waals surface area contributed by atoms with E-state index in [-0.39, 0.29) is 11.3 Å². The van der Waals surface area contributed by atoms with Crippen LogP contribution in [0, 0.1) is 0 Å². The molecule has 188 valence electrons. The molecule has 1 aromatic rings. The van der Waals surface area contributed by atoms with E-state index in [0.29, 0.717) is 6.07 Å². The average molecular weight is 532 g/mol. The molecule has 19 heteroatoms. The summed E-state index contributed by atoms with van der Waals surface area (Å²) in [6.45, 7) is 0. The molecule has 1 heterocycles. The molecule has 0 fully saturated rings.